The standard InChI is InChI=1S/C11H11FN2/c1-8(11-6-13-7-14-11)9-3-2-4-10(12)5-9/h2-8H,1H3,(H,13,14)/t8-/m0/s1. The minimum absolute atomic E-state index is 0.146. The summed E-state index contributed by atoms with van der Waals surface area (Å²) in [4.78, 5) is 6.96. The van der Waals surface area contributed by atoms with Crippen LogP contribution in [0.3, 0.4) is 0 Å². The largest absolute Gasteiger partial charge is 0.348 e. The van der Waals surface area contributed by atoms with Gasteiger partial charge in [0.25, 0.3) is 0 Å². The summed E-state index contributed by atoms with van der Waals surface area (Å²) in [6.07, 6.45) is 3.39. The Hall–Kier alpha value is -1.64. The first-order chi connectivity index (χ1) is 6.77. The molecule has 0 spiro atoms. The molecular formula is C11H11FN2. The summed E-state index contributed by atoms with van der Waals surface area (Å²) < 4.78 is 12.9. The Bertz CT molecular complexity index is 409. The summed E-state index contributed by atoms with van der Waals surface area (Å²) >= 11 is 0. The SMILES string of the molecule is C[C@@H](c1cccc(F)c1)c1cnc[nH]1. The normalized spacial score (nSPS) is 12.7. The first kappa shape index (κ1) is 8.94. The third-order valence-corrected chi connectivity index (χ3v) is 2.33. The van der Waals surface area contributed by atoms with Crippen LogP contribution < -0.4 is 0 Å². The van der Waals surface area contributed by atoms with Gasteiger partial charge in [-0.1, -0.05) is 19.1 Å². The Balaban J connectivity index is 2.32. The maximum atomic E-state index is 12.9. The van der Waals surface area contributed by atoms with Crippen LogP contribution in [-0.4, -0.2) is 9.97 Å². The van der Waals surface area contributed by atoms with Gasteiger partial charge >= 0.3 is 0 Å². The zero-order chi connectivity index (χ0) is 9.97. The van der Waals surface area contributed by atoms with Gasteiger partial charge in [0, 0.05) is 17.8 Å². The quantitative estimate of drug-likeness (QED) is 0.774. The highest BCUT2D eigenvalue weighted by Crippen LogP contribution is 2.21. The van der Waals surface area contributed by atoms with Crippen molar-refractivity contribution in [2.24, 2.45) is 0 Å². The summed E-state index contributed by atoms with van der Waals surface area (Å²) in [5, 5.41) is 0. The van der Waals surface area contributed by atoms with Crippen LogP contribution in [-0.2, 0) is 0 Å². The molecule has 3 heteroatoms. The lowest BCUT2D eigenvalue weighted by Gasteiger charge is -2.09. The van der Waals surface area contributed by atoms with Crippen LogP contribution in [0.4, 0.5) is 4.39 Å². The fourth-order valence-electron chi connectivity index (χ4n) is 1.46. The van der Waals surface area contributed by atoms with Gasteiger partial charge in [0.2, 0.25) is 0 Å². The van der Waals surface area contributed by atoms with E-state index in [4.69, 9.17) is 0 Å². The van der Waals surface area contributed by atoms with E-state index in [1.165, 1.54) is 6.07 Å². The summed E-state index contributed by atoms with van der Waals surface area (Å²) in [5.74, 6) is -0.0536. The predicted molar refractivity (Wildman–Crippen MR) is 52.5 cm³/mol. The number of hydrogen-bond acceptors (Lipinski definition) is 1. The average molecular weight is 190 g/mol. The zero-order valence-corrected chi connectivity index (χ0v) is 7.87. The number of aromatic amines is 1. The van der Waals surface area contributed by atoms with Crippen LogP contribution >= 0.6 is 0 Å². The molecule has 0 saturated carbocycles. The molecule has 0 unspecified atom stereocenters. The molecular weight excluding hydrogens is 179 g/mol. The van der Waals surface area contributed by atoms with E-state index in [-0.39, 0.29) is 11.7 Å². The van der Waals surface area contributed by atoms with Crippen molar-refractivity contribution in [1.82, 2.24) is 9.97 Å². The highest BCUT2D eigenvalue weighted by atomic mass is 19.1. The van der Waals surface area contributed by atoms with Gasteiger partial charge in [-0.3, -0.25) is 0 Å². The van der Waals surface area contributed by atoms with Crippen LogP contribution in [0, 0.1) is 5.82 Å². The third-order valence-electron chi connectivity index (χ3n) is 2.33. The van der Waals surface area contributed by atoms with Crippen LogP contribution in [0.5, 0.6) is 0 Å². The summed E-state index contributed by atoms with van der Waals surface area (Å²) in [6, 6.07) is 6.63. The molecule has 0 saturated heterocycles. The molecule has 1 aromatic heterocycles. The highest BCUT2D eigenvalue weighted by Gasteiger charge is 2.09. The van der Waals surface area contributed by atoms with E-state index < -0.39 is 0 Å². The van der Waals surface area contributed by atoms with Crippen molar-refractivity contribution in [3.63, 3.8) is 0 Å². The Morgan fingerprint density at radius 3 is 2.93 bits per heavy atom. The maximum absolute atomic E-state index is 12.9. The van der Waals surface area contributed by atoms with Gasteiger partial charge in [-0.15, -0.1) is 0 Å². The van der Waals surface area contributed by atoms with Crippen molar-refractivity contribution in [3.05, 3.63) is 53.9 Å². The van der Waals surface area contributed by atoms with Crippen molar-refractivity contribution < 1.29 is 4.39 Å². The Morgan fingerprint density at radius 1 is 1.43 bits per heavy atom. The first-order valence-corrected chi connectivity index (χ1v) is 4.51. The Labute approximate surface area is 81.8 Å². The maximum Gasteiger partial charge on any atom is 0.123 e. The molecule has 0 aliphatic rings. The molecule has 0 radical (unpaired) electrons. The number of H-pyrrole nitrogens is 1. The van der Waals surface area contributed by atoms with Crippen LogP contribution in [0.1, 0.15) is 24.1 Å². The van der Waals surface area contributed by atoms with E-state index in [0.717, 1.165) is 11.3 Å². The molecule has 72 valence electrons. The summed E-state index contributed by atoms with van der Waals surface area (Å²) in [7, 11) is 0. The van der Waals surface area contributed by atoms with Gasteiger partial charge in [0.1, 0.15) is 5.82 Å². The minimum atomic E-state index is -0.200. The number of imidazole rings is 1. The highest BCUT2D eigenvalue weighted by molar-refractivity contribution is 5.26. The molecule has 2 aromatic rings. The molecule has 14 heavy (non-hydrogen) atoms. The minimum Gasteiger partial charge on any atom is -0.348 e. The summed E-state index contributed by atoms with van der Waals surface area (Å²) in [6.45, 7) is 2.02. The number of halogens is 1. The summed E-state index contributed by atoms with van der Waals surface area (Å²) in [5.41, 5.74) is 1.95. The molecule has 0 amide bonds. The third kappa shape index (κ3) is 1.66. The van der Waals surface area contributed by atoms with Crippen molar-refractivity contribution in [1.29, 1.82) is 0 Å². The Kier molecular flexibility index (Phi) is 2.31. The topological polar surface area (TPSA) is 28.7 Å². The van der Waals surface area contributed by atoms with Crippen molar-refractivity contribution in [3.8, 4) is 0 Å². The lowest BCUT2D eigenvalue weighted by molar-refractivity contribution is 0.624. The number of aromatic nitrogens is 2. The smallest absolute Gasteiger partial charge is 0.123 e. The number of rotatable bonds is 2. The average Bonchev–Trinajstić information content (AvgIpc) is 2.69. The molecule has 0 bridgehead atoms. The molecule has 2 nitrogen and oxygen atoms in total. The number of nitrogens with zero attached hydrogens (tertiary/aromatic N) is 1. The van der Waals surface area contributed by atoms with E-state index in [1.54, 1.807) is 24.7 Å². The number of nitrogens with one attached hydrogen (secondary N) is 1. The second kappa shape index (κ2) is 3.62. The number of hydrogen-bond donors (Lipinski definition) is 1. The molecule has 1 aromatic carbocycles. The van der Waals surface area contributed by atoms with Gasteiger partial charge in [0.15, 0.2) is 0 Å². The molecule has 1 N–H and O–H groups in total. The molecule has 1 heterocycles. The lowest BCUT2D eigenvalue weighted by atomic mass is 9.98. The van der Waals surface area contributed by atoms with Gasteiger partial charge in [0.05, 0.1) is 6.33 Å². The van der Waals surface area contributed by atoms with Crippen LogP contribution in [0.25, 0.3) is 0 Å². The molecule has 2 rings (SSSR count). The van der Waals surface area contributed by atoms with E-state index in [0.29, 0.717) is 0 Å². The van der Waals surface area contributed by atoms with Crippen molar-refractivity contribution >= 4 is 0 Å². The lowest BCUT2D eigenvalue weighted by Crippen LogP contribution is -1.96. The zero-order valence-electron chi connectivity index (χ0n) is 7.87. The monoisotopic (exact) mass is 190 g/mol. The van der Waals surface area contributed by atoms with E-state index >= 15 is 0 Å². The van der Waals surface area contributed by atoms with Gasteiger partial charge in [-0.05, 0) is 17.7 Å². The van der Waals surface area contributed by atoms with Gasteiger partial charge in [-0.25, -0.2) is 9.37 Å². The Morgan fingerprint density at radius 2 is 2.29 bits per heavy atom. The molecule has 0 aliphatic carbocycles. The second-order valence-electron chi connectivity index (χ2n) is 3.28. The predicted octanol–water partition coefficient (Wildman–Crippen LogP) is 2.70. The van der Waals surface area contributed by atoms with Gasteiger partial charge in [-0.2, -0.15) is 0 Å². The molecule has 1 atom stereocenters. The first-order valence-electron chi connectivity index (χ1n) is 4.51. The van der Waals surface area contributed by atoms with Crippen molar-refractivity contribution in [2.75, 3.05) is 0 Å². The van der Waals surface area contributed by atoms with Crippen LogP contribution in [0.15, 0.2) is 36.8 Å². The van der Waals surface area contributed by atoms with Crippen LogP contribution in [0.2, 0.25) is 0 Å². The van der Waals surface area contributed by atoms with E-state index in [9.17, 15) is 4.39 Å². The van der Waals surface area contributed by atoms with E-state index in [1.807, 2.05) is 13.0 Å². The van der Waals surface area contributed by atoms with E-state index in [2.05, 4.69) is 9.97 Å². The second-order valence-corrected chi connectivity index (χ2v) is 3.28. The molecule has 0 fully saturated rings. The fourth-order valence-corrected chi connectivity index (χ4v) is 1.46. The molecule has 0 aliphatic heterocycles. The number of benzene rings is 1. The van der Waals surface area contributed by atoms with Gasteiger partial charge < -0.3 is 4.98 Å². The van der Waals surface area contributed by atoms with Crippen molar-refractivity contribution in [2.45, 2.75) is 12.8 Å². The fraction of sp³-hybridized carbons (Fsp3) is 0.182.